The SMILES string of the molecule is COc1c(Cl)cc2cc1S(=O)(=O)Nc1cc(c(F)cc1F)-c1cccc3c1OC(COC2=O)C3. The van der Waals surface area contributed by atoms with Crippen LogP contribution in [0.2, 0.25) is 5.02 Å². The molecule has 2 aliphatic heterocycles. The molecule has 176 valence electrons. The van der Waals surface area contributed by atoms with Crippen LogP contribution in [0.3, 0.4) is 0 Å². The number of ether oxygens (including phenoxy) is 3. The van der Waals surface area contributed by atoms with Crippen LogP contribution in [0.25, 0.3) is 11.1 Å². The molecule has 0 spiro atoms. The Labute approximate surface area is 198 Å². The topological polar surface area (TPSA) is 90.9 Å². The molecule has 5 rings (SSSR count). The molecule has 0 aliphatic carbocycles. The molecule has 0 saturated heterocycles. The molecule has 0 amide bonds. The zero-order valence-corrected chi connectivity index (χ0v) is 19.1. The molecule has 6 bridgehead atoms. The van der Waals surface area contributed by atoms with Gasteiger partial charge >= 0.3 is 5.97 Å². The van der Waals surface area contributed by atoms with Gasteiger partial charge in [0.15, 0.2) is 5.75 Å². The first-order valence-corrected chi connectivity index (χ1v) is 11.9. The molecule has 2 heterocycles. The zero-order valence-electron chi connectivity index (χ0n) is 17.5. The number of anilines is 1. The van der Waals surface area contributed by atoms with Crippen molar-refractivity contribution in [3.05, 3.63) is 70.2 Å². The van der Waals surface area contributed by atoms with E-state index in [4.69, 9.17) is 25.8 Å². The Morgan fingerprint density at radius 2 is 1.91 bits per heavy atom. The van der Waals surface area contributed by atoms with E-state index in [-0.39, 0.29) is 28.5 Å². The van der Waals surface area contributed by atoms with E-state index >= 15 is 0 Å². The number of fused-ring (bicyclic) bond motifs is 6. The molecule has 1 N–H and O–H groups in total. The molecule has 0 fully saturated rings. The van der Waals surface area contributed by atoms with Gasteiger partial charge in [0.1, 0.15) is 35.0 Å². The summed E-state index contributed by atoms with van der Waals surface area (Å²) in [7, 11) is -3.34. The average Bonchev–Trinajstić information content (AvgIpc) is 3.21. The summed E-state index contributed by atoms with van der Waals surface area (Å²) < 4.78 is 74.4. The lowest BCUT2D eigenvalue weighted by atomic mass is 9.99. The first-order chi connectivity index (χ1) is 16.2. The third kappa shape index (κ3) is 3.72. The molecule has 0 saturated carbocycles. The van der Waals surface area contributed by atoms with Crippen molar-refractivity contribution in [1.82, 2.24) is 0 Å². The molecule has 7 nitrogen and oxygen atoms in total. The number of rotatable bonds is 1. The van der Waals surface area contributed by atoms with Gasteiger partial charge in [-0.3, -0.25) is 4.72 Å². The van der Waals surface area contributed by atoms with Crippen molar-refractivity contribution >= 4 is 33.3 Å². The summed E-state index contributed by atoms with van der Waals surface area (Å²) in [6.45, 7) is -0.145. The Morgan fingerprint density at radius 3 is 2.68 bits per heavy atom. The fraction of sp³-hybridized carbons (Fsp3) is 0.174. The summed E-state index contributed by atoms with van der Waals surface area (Å²) in [5.74, 6) is -2.79. The van der Waals surface area contributed by atoms with Crippen molar-refractivity contribution in [3.63, 3.8) is 0 Å². The summed E-state index contributed by atoms with van der Waals surface area (Å²) in [4.78, 5) is 12.2. The third-order valence-electron chi connectivity index (χ3n) is 5.56. The van der Waals surface area contributed by atoms with Gasteiger partial charge in [0.2, 0.25) is 0 Å². The largest absolute Gasteiger partial charge is 0.494 e. The van der Waals surface area contributed by atoms with E-state index < -0.39 is 44.3 Å². The lowest BCUT2D eigenvalue weighted by Crippen LogP contribution is -2.23. The van der Waals surface area contributed by atoms with Crippen molar-refractivity contribution < 1.29 is 36.2 Å². The van der Waals surface area contributed by atoms with E-state index in [0.29, 0.717) is 23.8 Å². The number of nitrogens with one attached hydrogen (secondary N) is 1. The zero-order chi connectivity index (χ0) is 24.2. The van der Waals surface area contributed by atoms with Gasteiger partial charge in [0, 0.05) is 23.6 Å². The Morgan fingerprint density at radius 1 is 1.12 bits per heavy atom. The second-order valence-corrected chi connectivity index (χ2v) is 9.80. The van der Waals surface area contributed by atoms with Crippen molar-refractivity contribution in [2.24, 2.45) is 0 Å². The third-order valence-corrected chi connectivity index (χ3v) is 7.21. The fourth-order valence-electron chi connectivity index (χ4n) is 4.01. The van der Waals surface area contributed by atoms with Crippen molar-refractivity contribution in [2.75, 3.05) is 18.4 Å². The van der Waals surface area contributed by atoms with Crippen LogP contribution in [-0.2, 0) is 21.2 Å². The van der Waals surface area contributed by atoms with Gasteiger partial charge in [-0.2, -0.15) is 0 Å². The number of para-hydroxylation sites is 1. The van der Waals surface area contributed by atoms with Crippen LogP contribution in [0.15, 0.2) is 47.4 Å². The Kier molecular flexibility index (Phi) is 5.37. The van der Waals surface area contributed by atoms with Crippen LogP contribution in [0.5, 0.6) is 11.5 Å². The highest BCUT2D eigenvalue weighted by molar-refractivity contribution is 7.92. The average molecular weight is 508 g/mol. The van der Waals surface area contributed by atoms with Gasteiger partial charge in [0.05, 0.1) is 23.4 Å². The summed E-state index contributed by atoms with van der Waals surface area (Å²) in [5.41, 5.74) is 0.316. The molecule has 1 atom stereocenters. The maximum absolute atomic E-state index is 14.8. The fourth-order valence-corrected chi connectivity index (χ4v) is 5.64. The van der Waals surface area contributed by atoms with E-state index in [2.05, 4.69) is 4.72 Å². The molecular weight excluding hydrogens is 492 g/mol. The molecule has 0 aromatic heterocycles. The smallest absolute Gasteiger partial charge is 0.338 e. The van der Waals surface area contributed by atoms with Crippen LogP contribution >= 0.6 is 11.6 Å². The highest BCUT2D eigenvalue weighted by Crippen LogP contribution is 2.42. The van der Waals surface area contributed by atoms with Crippen LogP contribution < -0.4 is 14.2 Å². The first kappa shape index (κ1) is 22.4. The van der Waals surface area contributed by atoms with Gasteiger partial charge in [-0.25, -0.2) is 22.0 Å². The predicted octanol–water partition coefficient (Wildman–Crippen LogP) is 4.57. The Hall–Kier alpha value is -3.37. The normalized spacial score (nSPS) is 18.1. The standard InChI is InChI=1S/C23H16ClF2NO6S/c1-31-22-16(24)6-12-7-20(22)34(29,30)27-19-8-15(17(25)9-18(19)26)14-4-2-3-11-5-13(33-21(11)14)10-32-23(12)28/h2-4,6-9,13,27H,5,10H2,1H3. The second kappa shape index (κ2) is 8.14. The summed E-state index contributed by atoms with van der Waals surface area (Å²) in [6.07, 6.45) is -0.156. The molecule has 1 unspecified atom stereocenters. The number of halogens is 3. The number of cyclic esters (lactones) is 1. The molecule has 11 heteroatoms. The molecular formula is C23H16ClF2NO6S. The summed E-state index contributed by atoms with van der Waals surface area (Å²) in [6, 6.07) is 8.89. The minimum absolute atomic E-state index is 0.0674. The van der Waals surface area contributed by atoms with E-state index in [9.17, 15) is 22.0 Å². The second-order valence-electron chi connectivity index (χ2n) is 7.74. The van der Waals surface area contributed by atoms with E-state index in [1.54, 1.807) is 18.2 Å². The van der Waals surface area contributed by atoms with E-state index in [1.807, 2.05) is 0 Å². The van der Waals surface area contributed by atoms with Crippen LogP contribution in [-0.4, -0.2) is 34.2 Å². The van der Waals surface area contributed by atoms with Crippen LogP contribution in [0.1, 0.15) is 15.9 Å². The first-order valence-electron chi connectivity index (χ1n) is 10.0. The number of hydrogen-bond acceptors (Lipinski definition) is 6. The Balaban J connectivity index is 1.75. The lowest BCUT2D eigenvalue weighted by molar-refractivity contribution is 0.0347. The maximum Gasteiger partial charge on any atom is 0.338 e. The molecule has 34 heavy (non-hydrogen) atoms. The number of sulfonamides is 1. The highest BCUT2D eigenvalue weighted by atomic mass is 35.5. The molecule has 3 aromatic carbocycles. The molecule has 0 radical (unpaired) electrons. The number of benzene rings is 3. The predicted molar refractivity (Wildman–Crippen MR) is 119 cm³/mol. The van der Waals surface area contributed by atoms with E-state index in [1.165, 1.54) is 13.2 Å². The molecule has 3 aromatic rings. The quantitative estimate of drug-likeness (QED) is 0.485. The van der Waals surface area contributed by atoms with Crippen molar-refractivity contribution in [2.45, 2.75) is 17.4 Å². The monoisotopic (exact) mass is 507 g/mol. The number of carbonyl (C=O) groups excluding carboxylic acids is 1. The molecule has 2 aliphatic rings. The van der Waals surface area contributed by atoms with Gasteiger partial charge in [-0.15, -0.1) is 0 Å². The summed E-state index contributed by atoms with van der Waals surface area (Å²) in [5, 5.41) is -0.171. The van der Waals surface area contributed by atoms with Gasteiger partial charge in [-0.1, -0.05) is 29.8 Å². The van der Waals surface area contributed by atoms with E-state index in [0.717, 1.165) is 17.7 Å². The van der Waals surface area contributed by atoms with Crippen molar-refractivity contribution in [1.29, 1.82) is 0 Å². The highest BCUT2D eigenvalue weighted by Gasteiger charge is 2.31. The number of esters is 1. The Bertz CT molecular complexity index is 1460. The minimum atomic E-state index is -4.54. The van der Waals surface area contributed by atoms with Crippen molar-refractivity contribution in [3.8, 4) is 22.6 Å². The maximum atomic E-state index is 14.8. The lowest BCUT2D eigenvalue weighted by Gasteiger charge is -2.16. The number of hydrogen-bond donors (Lipinski definition) is 1. The van der Waals surface area contributed by atoms with Crippen LogP contribution in [0, 0.1) is 11.6 Å². The van der Waals surface area contributed by atoms with Gasteiger partial charge < -0.3 is 14.2 Å². The number of methoxy groups -OCH3 is 1. The summed E-state index contributed by atoms with van der Waals surface area (Å²) >= 11 is 6.17. The van der Waals surface area contributed by atoms with Crippen LogP contribution in [0.4, 0.5) is 14.5 Å². The van der Waals surface area contributed by atoms with Gasteiger partial charge in [0.25, 0.3) is 10.0 Å². The number of carbonyl (C=O) groups is 1. The minimum Gasteiger partial charge on any atom is -0.494 e. The van der Waals surface area contributed by atoms with Gasteiger partial charge in [-0.05, 0) is 23.8 Å².